The molecule has 6 heteroatoms. The number of carbonyl (C=O) groups is 1. The number of para-hydroxylation sites is 1. The minimum Gasteiger partial charge on any atom is -0.394 e. The predicted molar refractivity (Wildman–Crippen MR) is 77.9 cm³/mol. The molecule has 5 nitrogen and oxygen atoms in total. The number of aliphatic hydroxyl groups is 1. The van der Waals surface area contributed by atoms with Crippen molar-refractivity contribution in [3.8, 4) is 0 Å². The molecule has 1 aliphatic heterocycles. The smallest absolute Gasteiger partial charge is 0.256 e. The standard InChI is InChI=1S/C15H21FN2O3/c1-3-17-14-12(5-4-6-13(14)16)15(20)18-7-10(2)21-11(8-18)9-19/h4-6,10-11,17,19H,3,7-9H2,1-2H3. The molecule has 116 valence electrons. The first-order chi connectivity index (χ1) is 10.1. The third-order valence-corrected chi connectivity index (χ3v) is 3.41. The predicted octanol–water partition coefficient (Wildman–Crippen LogP) is 1.48. The lowest BCUT2D eigenvalue weighted by Crippen LogP contribution is -2.50. The Hall–Kier alpha value is -1.66. The van der Waals surface area contributed by atoms with Crippen molar-refractivity contribution in [2.45, 2.75) is 26.1 Å². The third kappa shape index (κ3) is 3.51. The fraction of sp³-hybridized carbons (Fsp3) is 0.533. The molecule has 1 aromatic rings. The number of hydrogen-bond donors (Lipinski definition) is 2. The Bertz CT molecular complexity index is 510. The van der Waals surface area contributed by atoms with Gasteiger partial charge in [-0.15, -0.1) is 0 Å². The summed E-state index contributed by atoms with van der Waals surface area (Å²) in [6.45, 7) is 4.81. The number of aliphatic hydroxyl groups excluding tert-OH is 1. The van der Waals surface area contributed by atoms with Gasteiger partial charge in [-0.2, -0.15) is 0 Å². The van der Waals surface area contributed by atoms with Gasteiger partial charge in [0.05, 0.1) is 30.1 Å². The highest BCUT2D eigenvalue weighted by Crippen LogP contribution is 2.23. The van der Waals surface area contributed by atoms with Crippen molar-refractivity contribution < 1.29 is 19.0 Å². The van der Waals surface area contributed by atoms with E-state index < -0.39 is 11.9 Å². The van der Waals surface area contributed by atoms with Gasteiger partial charge < -0.3 is 20.1 Å². The number of carbonyl (C=O) groups excluding carboxylic acids is 1. The molecular weight excluding hydrogens is 275 g/mol. The van der Waals surface area contributed by atoms with Crippen LogP contribution in [0.25, 0.3) is 0 Å². The van der Waals surface area contributed by atoms with Crippen LogP contribution in [-0.2, 0) is 4.74 Å². The molecule has 1 aromatic carbocycles. The minimum atomic E-state index is -0.442. The second kappa shape index (κ2) is 6.87. The van der Waals surface area contributed by atoms with Gasteiger partial charge in [-0.1, -0.05) is 6.07 Å². The lowest BCUT2D eigenvalue weighted by Gasteiger charge is -2.36. The maximum absolute atomic E-state index is 13.9. The molecule has 21 heavy (non-hydrogen) atoms. The molecule has 1 aliphatic rings. The molecule has 1 amide bonds. The largest absolute Gasteiger partial charge is 0.394 e. The Kier molecular flexibility index (Phi) is 5.14. The summed E-state index contributed by atoms with van der Waals surface area (Å²) in [7, 11) is 0. The van der Waals surface area contributed by atoms with Crippen molar-refractivity contribution in [3.63, 3.8) is 0 Å². The second-order valence-corrected chi connectivity index (χ2v) is 5.15. The lowest BCUT2D eigenvalue weighted by atomic mass is 10.1. The topological polar surface area (TPSA) is 61.8 Å². The Labute approximate surface area is 123 Å². The van der Waals surface area contributed by atoms with Crippen LogP contribution in [0.5, 0.6) is 0 Å². The van der Waals surface area contributed by atoms with Crippen molar-refractivity contribution in [3.05, 3.63) is 29.6 Å². The third-order valence-electron chi connectivity index (χ3n) is 3.41. The van der Waals surface area contributed by atoms with Gasteiger partial charge in [0.25, 0.3) is 5.91 Å². The van der Waals surface area contributed by atoms with Crippen LogP contribution in [0.1, 0.15) is 24.2 Å². The van der Waals surface area contributed by atoms with E-state index in [-0.39, 0.29) is 24.3 Å². The van der Waals surface area contributed by atoms with E-state index in [4.69, 9.17) is 4.74 Å². The molecule has 1 fully saturated rings. The first kappa shape index (κ1) is 15.7. The molecule has 0 aromatic heterocycles. The van der Waals surface area contributed by atoms with Crippen LogP contribution in [0.15, 0.2) is 18.2 Å². The molecule has 0 aliphatic carbocycles. The highest BCUT2D eigenvalue weighted by Gasteiger charge is 2.30. The molecule has 2 rings (SSSR count). The van der Waals surface area contributed by atoms with Gasteiger partial charge >= 0.3 is 0 Å². The number of ether oxygens (including phenoxy) is 1. The van der Waals surface area contributed by atoms with Crippen LogP contribution in [0.2, 0.25) is 0 Å². The van der Waals surface area contributed by atoms with Crippen LogP contribution in [-0.4, -0.2) is 54.4 Å². The number of morpholine rings is 1. The number of nitrogens with zero attached hydrogens (tertiary/aromatic N) is 1. The summed E-state index contributed by atoms with van der Waals surface area (Å²) in [5, 5.41) is 12.1. The molecule has 2 atom stereocenters. The molecular formula is C15H21FN2O3. The molecule has 2 unspecified atom stereocenters. The summed E-state index contributed by atoms with van der Waals surface area (Å²) in [4.78, 5) is 14.2. The van der Waals surface area contributed by atoms with Crippen molar-refractivity contribution in [1.82, 2.24) is 4.90 Å². The van der Waals surface area contributed by atoms with Gasteiger partial charge in [0.2, 0.25) is 0 Å². The van der Waals surface area contributed by atoms with Crippen LogP contribution < -0.4 is 5.32 Å². The Morgan fingerprint density at radius 1 is 1.52 bits per heavy atom. The maximum Gasteiger partial charge on any atom is 0.256 e. The summed E-state index contributed by atoms with van der Waals surface area (Å²) < 4.78 is 19.4. The molecule has 0 radical (unpaired) electrons. The highest BCUT2D eigenvalue weighted by atomic mass is 19.1. The van der Waals surface area contributed by atoms with Crippen LogP contribution in [0, 0.1) is 5.82 Å². The zero-order valence-corrected chi connectivity index (χ0v) is 12.3. The molecule has 0 spiro atoms. The van der Waals surface area contributed by atoms with E-state index in [1.54, 1.807) is 11.0 Å². The number of hydrogen-bond acceptors (Lipinski definition) is 4. The van der Waals surface area contributed by atoms with Crippen molar-refractivity contribution >= 4 is 11.6 Å². The number of rotatable bonds is 4. The van der Waals surface area contributed by atoms with Crippen molar-refractivity contribution in [2.24, 2.45) is 0 Å². The zero-order valence-electron chi connectivity index (χ0n) is 12.3. The summed E-state index contributed by atoms with van der Waals surface area (Å²) >= 11 is 0. The normalized spacial score (nSPS) is 22.2. The Morgan fingerprint density at radius 3 is 2.95 bits per heavy atom. The lowest BCUT2D eigenvalue weighted by molar-refractivity contribution is -0.0858. The summed E-state index contributed by atoms with van der Waals surface area (Å²) in [6, 6.07) is 4.46. The van der Waals surface area contributed by atoms with E-state index in [2.05, 4.69) is 5.32 Å². The maximum atomic E-state index is 13.9. The fourth-order valence-corrected chi connectivity index (χ4v) is 2.54. The van der Waals surface area contributed by atoms with E-state index in [9.17, 15) is 14.3 Å². The van der Waals surface area contributed by atoms with Crippen molar-refractivity contribution in [1.29, 1.82) is 0 Å². The van der Waals surface area contributed by atoms with Crippen LogP contribution in [0.4, 0.5) is 10.1 Å². The van der Waals surface area contributed by atoms with Gasteiger partial charge in [-0.25, -0.2) is 4.39 Å². The van der Waals surface area contributed by atoms with E-state index in [1.807, 2.05) is 13.8 Å². The summed E-state index contributed by atoms with van der Waals surface area (Å²) in [5.41, 5.74) is 0.535. The number of anilines is 1. The van der Waals surface area contributed by atoms with Crippen LogP contribution in [0.3, 0.4) is 0 Å². The number of halogens is 1. The average Bonchev–Trinajstić information content (AvgIpc) is 2.48. The average molecular weight is 296 g/mol. The fourth-order valence-electron chi connectivity index (χ4n) is 2.54. The quantitative estimate of drug-likeness (QED) is 0.883. The Morgan fingerprint density at radius 2 is 2.29 bits per heavy atom. The van der Waals surface area contributed by atoms with Gasteiger partial charge in [-0.05, 0) is 26.0 Å². The van der Waals surface area contributed by atoms with Gasteiger partial charge in [0.1, 0.15) is 5.82 Å². The molecule has 0 saturated carbocycles. The first-order valence-electron chi connectivity index (χ1n) is 7.14. The van der Waals surface area contributed by atoms with E-state index in [1.165, 1.54) is 12.1 Å². The molecule has 1 heterocycles. The minimum absolute atomic E-state index is 0.142. The van der Waals surface area contributed by atoms with E-state index >= 15 is 0 Å². The van der Waals surface area contributed by atoms with Gasteiger partial charge in [0.15, 0.2) is 0 Å². The number of amides is 1. The molecule has 2 N–H and O–H groups in total. The van der Waals surface area contributed by atoms with Gasteiger partial charge in [-0.3, -0.25) is 4.79 Å². The summed E-state index contributed by atoms with van der Waals surface area (Å²) in [6.07, 6.45) is -0.551. The van der Waals surface area contributed by atoms with E-state index in [0.717, 1.165) is 0 Å². The molecule has 0 bridgehead atoms. The van der Waals surface area contributed by atoms with Crippen molar-refractivity contribution in [2.75, 3.05) is 31.6 Å². The number of benzene rings is 1. The number of nitrogens with one attached hydrogen (secondary N) is 1. The second-order valence-electron chi connectivity index (χ2n) is 5.15. The molecule has 1 saturated heterocycles. The zero-order chi connectivity index (χ0) is 15.4. The monoisotopic (exact) mass is 296 g/mol. The summed E-state index contributed by atoms with van der Waals surface area (Å²) in [5.74, 6) is -0.693. The SMILES string of the molecule is CCNc1c(F)cccc1C(=O)N1CC(C)OC(CO)C1. The van der Waals surface area contributed by atoms with Gasteiger partial charge in [0, 0.05) is 19.6 Å². The van der Waals surface area contributed by atoms with E-state index in [0.29, 0.717) is 25.2 Å². The highest BCUT2D eigenvalue weighted by molar-refractivity contribution is 5.99. The first-order valence-corrected chi connectivity index (χ1v) is 7.14. The Balaban J connectivity index is 2.25. The van der Waals surface area contributed by atoms with Crippen LogP contribution >= 0.6 is 0 Å².